The Hall–Kier alpha value is -0.770. The third-order valence-electron chi connectivity index (χ3n) is 3.86. The van der Waals surface area contributed by atoms with Gasteiger partial charge in [-0.05, 0) is 56.6 Å². The summed E-state index contributed by atoms with van der Waals surface area (Å²) in [4.78, 5) is 2.63. The third-order valence-corrected chi connectivity index (χ3v) is 3.86. The average molecular weight is 299 g/mol. The number of rotatable bonds is 6. The molecule has 0 amide bonds. The smallest absolute Gasteiger partial charge is 0.119 e. The van der Waals surface area contributed by atoms with Gasteiger partial charge in [0.05, 0.1) is 7.11 Å². The van der Waals surface area contributed by atoms with Crippen LogP contribution >= 0.6 is 12.4 Å². The van der Waals surface area contributed by atoms with E-state index in [0.29, 0.717) is 0 Å². The van der Waals surface area contributed by atoms with Crippen molar-refractivity contribution in [2.45, 2.75) is 38.8 Å². The van der Waals surface area contributed by atoms with Gasteiger partial charge >= 0.3 is 0 Å². The first-order chi connectivity index (χ1) is 9.33. The van der Waals surface area contributed by atoms with Gasteiger partial charge < -0.3 is 10.1 Å². The van der Waals surface area contributed by atoms with E-state index in [9.17, 15) is 0 Å². The van der Waals surface area contributed by atoms with Gasteiger partial charge in [-0.1, -0.05) is 19.1 Å². The van der Waals surface area contributed by atoms with Gasteiger partial charge in [0.25, 0.3) is 0 Å². The fourth-order valence-corrected chi connectivity index (χ4v) is 2.86. The first-order valence-corrected chi connectivity index (χ1v) is 7.41. The highest BCUT2D eigenvalue weighted by Crippen LogP contribution is 2.19. The summed E-state index contributed by atoms with van der Waals surface area (Å²) in [7, 11) is 1.73. The normalized spacial score (nSPS) is 15.9. The summed E-state index contributed by atoms with van der Waals surface area (Å²) in [5.74, 6) is 0.958. The van der Waals surface area contributed by atoms with Crippen LogP contribution in [0.1, 0.15) is 31.7 Å². The lowest BCUT2D eigenvalue weighted by molar-refractivity contribution is 0.154. The maximum atomic E-state index is 5.31. The lowest BCUT2D eigenvalue weighted by atomic mass is 10.0. The molecule has 0 aliphatic carbocycles. The van der Waals surface area contributed by atoms with Gasteiger partial charge in [-0.2, -0.15) is 0 Å². The monoisotopic (exact) mass is 298 g/mol. The second kappa shape index (κ2) is 9.22. The molecule has 0 unspecified atom stereocenters. The minimum atomic E-state index is 0. The quantitative estimate of drug-likeness (QED) is 0.873. The van der Waals surface area contributed by atoms with Gasteiger partial charge in [-0.25, -0.2) is 0 Å². The van der Waals surface area contributed by atoms with Crippen LogP contribution < -0.4 is 10.1 Å². The van der Waals surface area contributed by atoms with Crippen molar-refractivity contribution < 1.29 is 4.74 Å². The van der Waals surface area contributed by atoms with Crippen molar-refractivity contribution in [1.29, 1.82) is 0 Å². The molecule has 4 heteroatoms. The molecular weight excluding hydrogens is 272 g/mol. The number of halogens is 1. The SMILES string of the molecule is CCCN(Cc1cccc(OC)c1)C1CCNCC1.Cl. The van der Waals surface area contributed by atoms with Gasteiger partial charge in [0.2, 0.25) is 0 Å². The molecular formula is C16H27ClN2O. The number of benzene rings is 1. The van der Waals surface area contributed by atoms with E-state index in [1.165, 1.54) is 31.4 Å². The van der Waals surface area contributed by atoms with Crippen molar-refractivity contribution >= 4 is 12.4 Å². The molecule has 20 heavy (non-hydrogen) atoms. The number of piperidine rings is 1. The predicted molar refractivity (Wildman–Crippen MR) is 86.8 cm³/mol. The fraction of sp³-hybridized carbons (Fsp3) is 0.625. The Bertz CT molecular complexity index is 380. The van der Waals surface area contributed by atoms with Crippen molar-refractivity contribution in [2.75, 3.05) is 26.7 Å². The van der Waals surface area contributed by atoms with Crippen LogP contribution in [-0.2, 0) is 6.54 Å². The van der Waals surface area contributed by atoms with Gasteiger partial charge in [0, 0.05) is 12.6 Å². The minimum Gasteiger partial charge on any atom is -0.497 e. The van der Waals surface area contributed by atoms with Crippen molar-refractivity contribution in [1.82, 2.24) is 10.2 Å². The summed E-state index contributed by atoms with van der Waals surface area (Å²) >= 11 is 0. The second-order valence-electron chi connectivity index (χ2n) is 5.30. The van der Waals surface area contributed by atoms with E-state index in [-0.39, 0.29) is 12.4 Å². The molecule has 1 aromatic carbocycles. The lowest BCUT2D eigenvalue weighted by Gasteiger charge is -2.34. The first kappa shape index (κ1) is 17.3. The molecule has 0 atom stereocenters. The van der Waals surface area contributed by atoms with Crippen LogP contribution in [0.5, 0.6) is 5.75 Å². The van der Waals surface area contributed by atoms with Crippen LogP contribution in [-0.4, -0.2) is 37.7 Å². The van der Waals surface area contributed by atoms with Crippen LogP contribution in [0.15, 0.2) is 24.3 Å². The number of methoxy groups -OCH3 is 1. The summed E-state index contributed by atoms with van der Waals surface area (Å²) in [6.45, 7) is 6.79. The van der Waals surface area contributed by atoms with E-state index < -0.39 is 0 Å². The average Bonchev–Trinajstić information content (AvgIpc) is 2.48. The molecule has 1 saturated heterocycles. The Morgan fingerprint density at radius 1 is 1.30 bits per heavy atom. The van der Waals surface area contributed by atoms with Crippen LogP contribution in [0.3, 0.4) is 0 Å². The van der Waals surface area contributed by atoms with E-state index in [2.05, 4.69) is 35.3 Å². The van der Waals surface area contributed by atoms with Gasteiger partial charge in [-0.15, -0.1) is 12.4 Å². The maximum absolute atomic E-state index is 5.31. The maximum Gasteiger partial charge on any atom is 0.119 e. The van der Waals surface area contributed by atoms with Crippen LogP contribution in [0.4, 0.5) is 0 Å². The highest BCUT2D eigenvalue weighted by Gasteiger charge is 2.20. The second-order valence-corrected chi connectivity index (χ2v) is 5.30. The zero-order chi connectivity index (χ0) is 13.5. The summed E-state index contributed by atoms with van der Waals surface area (Å²) < 4.78 is 5.31. The van der Waals surface area contributed by atoms with E-state index >= 15 is 0 Å². The van der Waals surface area contributed by atoms with Crippen molar-refractivity contribution in [3.05, 3.63) is 29.8 Å². The molecule has 0 saturated carbocycles. The zero-order valence-corrected chi connectivity index (χ0v) is 13.4. The molecule has 1 heterocycles. The molecule has 0 radical (unpaired) electrons. The standard InChI is InChI=1S/C16H26N2O.ClH/c1-3-11-18(15-7-9-17-10-8-15)13-14-5-4-6-16(12-14)19-2;/h4-6,12,15,17H,3,7-11,13H2,1-2H3;1H. The molecule has 0 bridgehead atoms. The number of hydrogen-bond donors (Lipinski definition) is 1. The highest BCUT2D eigenvalue weighted by molar-refractivity contribution is 5.85. The Morgan fingerprint density at radius 3 is 2.70 bits per heavy atom. The van der Waals surface area contributed by atoms with E-state index in [0.717, 1.165) is 31.4 Å². The number of nitrogens with zero attached hydrogens (tertiary/aromatic N) is 1. The van der Waals surface area contributed by atoms with E-state index in [1.807, 2.05) is 6.07 Å². The van der Waals surface area contributed by atoms with Crippen molar-refractivity contribution in [3.8, 4) is 5.75 Å². The molecule has 1 fully saturated rings. The highest BCUT2D eigenvalue weighted by atomic mass is 35.5. The van der Waals surface area contributed by atoms with E-state index in [4.69, 9.17) is 4.74 Å². The third kappa shape index (κ3) is 4.97. The Morgan fingerprint density at radius 2 is 2.05 bits per heavy atom. The molecule has 3 nitrogen and oxygen atoms in total. The number of nitrogens with one attached hydrogen (secondary N) is 1. The molecule has 114 valence electrons. The van der Waals surface area contributed by atoms with Gasteiger partial charge in [0.1, 0.15) is 5.75 Å². The Labute approximate surface area is 129 Å². The Balaban J connectivity index is 0.00000200. The largest absolute Gasteiger partial charge is 0.497 e. The summed E-state index contributed by atoms with van der Waals surface area (Å²) in [5.41, 5.74) is 1.35. The predicted octanol–water partition coefficient (Wildman–Crippen LogP) is 3.08. The van der Waals surface area contributed by atoms with E-state index in [1.54, 1.807) is 7.11 Å². The molecule has 0 aromatic heterocycles. The number of ether oxygens (including phenoxy) is 1. The summed E-state index contributed by atoms with van der Waals surface area (Å²) in [6.07, 6.45) is 3.75. The van der Waals surface area contributed by atoms with Crippen LogP contribution in [0.25, 0.3) is 0 Å². The van der Waals surface area contributed by atoms with Crippen LogP contribution in [0, 0.1) is 0 Å². The molecule has 2 rings (SSSR count). The molecule has 0 spiro atoms. The van der Waals surface area contributed by atoms with Gasteiger partial charge in [-0.3, -0.25) is 4.90 Å². The fourth-order valence-electron chi connectivity index (χ4n) is 2.86. The van der Waals surface area contributed by atoms with Crippen molar-refractivity contribution in [2.24, 2.45) is 0 Å². The molecule has 1 aliphatic rings. The minimum absolute atomic E-state index is 0. The first-order valence-electron chi connectivity index (χ1n) is 7.41. The molecule has 1 aliphatic heterocycles. The summed E-state index contributed by atoms with van der Waals surface area (Å²) in [6, 6.07) is 9.18. The summed E-state index contributed by atoms with van der Waals surface area (Å²) in [5, 5.41) is 3.45. The topological polar surface area (TPSA) is 24.5 Å². The number of hydrogen-bond acceptors (Lipinski definition) is 3. The molecule has 1 N–H and O–H groups in total. The lowest BCUT2D eigenvalue weighted by Crippen LogP contribution is -2.43. The molecule has 1 aromatic rings. The van der Waals surface area contributed by atoms with Crippen LogP contribution in [0.2, 0.25) is 0 Å². The zero-order valence-electron chi connectivity index (χ0n) is 12.6. The van der Waals surface area contributed by atoms with Crippen molar-refractivity contribution in [3.63, 3.8) is 0 Å². The Kier molecular flexibility index (Phi) is 7.97. The van der Waals surface area contributed by atoms with Gasteiger partial charge in [0.15, 0.2) is 0 Å².